The number of carbonyl (C=O) groups excluding carboxylic acids is 1. The minimum absolute atomic E-state index is 0.322. The Balaban J connectivity index is 1.84. The van der Waals surface area contributed by atoms with Gasteiger partial charge in [0.1, 0.15) is 5.82 Å². The van der Waals surface area contributed by atoms with Crippen LogP contribution in [0.2, 0.25) is 15.1 Å². The summed E-state index contributed by atoms with van der Waals surface area (Å²) in [7, 11) is 0. The zero-order valence-electron chi connectivity index (χ0n) is 13.6. The summed E-state index contributed by atoms with van der Waals surface area (Å²) in [5.41, 5.74) is 1.44. The largest absolute Gasteiger partial charge is 0.307 e. The van der Waals surface area contributed by atoms with Gasteiger partial charge >= 0.3 is 0 Å². The summed E-state index contributed by atoms with van der Waals surface area (Å²) >= 11 is 18.1. The van der Waals surface area contributed by atoms with Crippen LogP contribution in [0.25, 0.3) is 11.9 Å². The Labute approximate surface area is 165 Å². The van der Waals surface area contributed by atoms with Gasteiger partial charge in [-0.3, -0.25) is 4.79 Å². The Kier molecular flexibility index (Phi) is 5.61. The lowest BCUT2D eigenvalue weighted by Crippen LogP contribution is -2.13. The van der Waals surface area contributed by atoms with Crippen LogP contribution in [-0.4, -0.2) is 20.7 Å². The number of carbonyl (C=O) groups is 1. The van der Waals surface area contributed by atoms with E-state index >= 15 is 0 Å². The van der Waals surface area contributed by atoms with Crippen molar-refractivity contribution in [1.82, 2.24) is 14.8 Å². The maximum absolute atomic E-state index is 12.3. The van der Waals surface area contributed by atoms with E-state index in [1.54, 1.807) is 31.2 Å². The van der Waals surface area contributed by atoms with Gasteiger partial charge in [-0.15, -0.1) is 0 Å². The minimum Gasteiger partial charge on any atom is -0.307 e. The fraction of sp³-hybridized carbons (Fsp3) is 0.0556. The van der Waals surface area contributed by atoms with Crippen LogP contribution < -0.4 is 5.32 Å². The molecule has 3 rings (SSSR count). The van der Waals surface area contributed by atoms with E-state index in [0.29, 0.717) is 32.4 Å². The van der Waals surface area contributed by atoms with Crippen molar-refractivity contribution in [2.75, 3.05) is 5.32 Å². The maximum atomic E-state index is 12.3. The molecule has 0 atom stereocenters. The third kappa shape index (κ3) is 4.25. The van der Waals surface area contributed by atoms with Crippen molar-refractivity contribution in [1.29, 1.82) is 0 Å². The van der Waals surface area contributed by atoms with E-state index in [1.807, 2.05) is 18.2 Å². The lowest BCUT2D eigenvalue weighted by molar-refractivity contribution is -0.111. The summed E-state index contributed by atoms with van der Waals surface area (Å²) in [6.45, 7) is 1.80. The number of nitrogens with zero attached hydrogens (tertiary/aromatic N) is 3. The van der Waals surface area contributed by atoms with Gasteiger partial charge in [0.15, 0.2) is 5.82 Å². The van der Waals surface area contributed by atoms with E-state index in [0.717, 1.165) is 5.56 Å². The van der Waals surface area contributed by atoms with E-state index in [2.05, 4.69) is 15.4 Å². The van der Waals surface area contributed by atoms with Gasteiger partial charge in [0.2, 0.25) is 5.91 Å². The number of aryl methyl sites for hydroxylation is 1. The molecule has 0 radical (unpaired) electrons. The van der Waals surface area contributed by atoms with Gasteiger partial charge in [0.05, 0.1) is 15.7 Å². The molecule has 0 aliphatic heterocycles. The molecule has 0 aliphatic rings. The molecule has 8 heteroatoms. The molecule has 3 aromatic rings. The van der Waals surface area contributed by atoms with Crippen LogP contribution in [0.4, 0.5) is 5.82 Å². The third-order valence-electron chi connectivity index (χ3n) is 3.39. The summed E-state index contributed by atoms with van der Waals surface area (Å²) in [5.74, 6) is 0.471. The molecule has 2 aromatic heterocycles. The van der Waals surface area contributed by atoms with Gasteiger partial charge in [0, 0.05) is 23.4 Å². The third-order valence-corrected chi connectivity index (χ3v) is 4.22. The molecule has 5 nitrogen and oxygen atoms in total. The first kappa shape index (κ1) is 18.5. The smallest absolute Gasteiger partial charge is 0.249 e. The molecule has 1 N–H and O–H groups in total. The first-order valence-electron chi connectivity index (χ1n) is 7.56. The summed E-state index contributed by atoms with van der Waals surface area (Å²) in [5, 5.41) is 8.38. The van der Waals surface area contributed by atoms with Crippen LogP contribution in [0.1, 0.15) is 11.3 Å². The number of pyridine rings is 1. The first-order chi connectivity index (χ1) is 12.4. The quantitative estimate of drug-likeness (QED) is 0.606. The molecule has 0 spiro atoms. The van der Waals surface area contributed by atoms with Crippen LogP contribution >= 0.6 is 34.8 Å². The predicted molar refractivity (Wildman–Crippen MR) is 105 cm³/mol. The van der Waals surface area contributed by atoms with Crippen LogP contribution in [0.5, 0.6) is 0 Å². The zero-order valence-corrected chi connectivity index (χ0v) is 15.8. The van der Waals surface area contributed by atoms with E-state index in [9.17, 15) is 4.79 Å². The molecule has 0 aliphatic carbocycles. The monoisotopic (exact) mass is 406 g/mol. The number of amides is 1. The van der Waals surface area contributed by atoms with E-state index in [4.69, 9.17) is 34.8 Å². The number of anilines is 1. The van der Waals surface area contributed by atoms with Crippen molar-refractivity contribution in [2.24, 2.45) is 0 Å². The topological polar surface area (TPSA) is 59.8 Å². The van der Waals surface area contributed by atoms with Crippen LogP contribution in [0.15, 0.2) is 48.7 Å². The molecular formula is C18H13Cl3N4O. The zero-order chi connectivity index (χ0) is 18.7. The summed E-state index contributed by atoms with van der Waals surface area (Å²) in [6.07, 6.45) is 4.49. The van der Waals surface area contributed by atoms with Crippen LogP contribution in [0.3, 0.4) is 0 Å². The second kappa shape index (κ2) is 7.91. The fourth-order valence-corrected chi connectivity index (χ4v) is 2.92. The Hall–Kier alpha value is -2.34. The highest BCUT2D eigenvalue weighted by molar-refractivity contribution is 6.35. The van der Waals surface area contributed by atoms with Gasteiger partial charge in [0.25, 0.3) is 0 Å². The molecule has 0 fully saturated rings. The summed E-state index contributed by atoms with van der Waals surface area (Å²) in [6, 6.07) is 10.5. The average molecular weight is 408 g/mol. The predicted octanol–water partition coefficient (Wildman–Crippen LogP) is 5.19. The van der Waals surface area contributed by atoms with Crippen molar-refractivity contribution in [3.05, 3.63) is 75.0 Å². The van der Waals surface area contributed by atoms with Crippen LogP contribution in [-0.2, 0) is 4.79 Å². The van der Waals surface area contributed by atoms with Gasteiger partial charge in [-0.2, -0.15) is 9.78 Å². The number of halogens is 3. The second-order valence-electron chi connectivity index (χ2n) is 5.39. The highest BCUT2D eigenvalue weighted by Gasteiger charge is 2.14. The second-order valence-corrected chi connectivity index (χ2v) is 6.64. The molecular weight excluding hydrogens is 395 g/mol. The molecule has 0 saturated carbocycles. The lowest BCUT2D eigenvalue weighted by atomic mass is 10.2. The Morgan fingerprint density at radius 2 is 1.92 bits per heavy atom. The molecule has 0 bridgehead atoms. The van der Waals surface area contributed by atoms with E-state index in [1.165, 1.54) is 17.0 Å². The molecule has 1 amide bonds. The van der Waals surface area contributed by atoms with Gasteiger partial charge in [-0.05, 0) is 30.7 Å². The number of hydrogen-bond donors (Lipinski definition) is 1. The van der Waals surface area contributed by atoms with Crippen LogP contribution in [0, 0.1) is 6.92 Å². The number of benzene rings is 1. The van der Waals surface area contributed by atoms with Crippen molar-refractivity contribution in [3.8, 4) is 5.82 Å². The Morgan fingerprint density at radius 3 is 2.65 bits per heavy atom. The summed E-state index contributed by atoms with van der Waals surface area (Å²) in [4.78, 5) is 16.5. The standard InChI is InChI=1S/C18H13Cl3N4O/c1-11-8-16(25(24-11)18-15(21)9-13(19)10-22-18)23-17(26)7-6-12-4-2-3-5-14(12)20/h2-10H,1H3,(H,23,26)/b7-6+. The van der Waals surface area contributed by atoms with E-state index in [-0.39, 0.29) is 5.91 Å². The molecule has 0 unspecified atom stereocenters. The number of nitrogens with one attached hydrogen (secondary N) is 1. The van der Waals surface area contributed by atoms with Gasteiger partial charge < -0.3 is 5.32 Å². The molecule has 26 heavy (non-hydrogen) atoms. The molecule has 2 heterocycles. The molecule has 1 aromatic carbocycles. The Morgan fingerprint density at radius 1 is 1.15 bits per heavy atom. The number of hydrogen-bond acceptors (Lipinski definition) is 3. The molecule has 0 saturated heterocycles. The number of aromatic nitrogens is 3. The Bertz CT molecular complexity index is 998. The maximum Gasteiger partial charge on any atom is 0.249 e. The number of rotatable bonds is 4. The van der Waals surface area contributed by atoms with Gasteiger partial charge in [-0.1, -0.05) is 53.0 Å². The lowest BCUT2D eigenvalue weighted by Gasteiger charge is -2.08. The van der Waals surface area contributed by atoms with Crippen molar-refractivity contribution in [2.45, 2.75) is 6.92 Å². The highest BCUT2D eigenvalue weighted by atomic mass is 35.5. The van der Waals surface area contributed by atoms with Gasteiger partial charge in [-0.25, -0.2) is 4.98 Å². The summed E-state index contributed by atoms with van der Waals surface area (Å²) < 4.78 is 1.45. The minimum atomic E-state index is -0.337. The van der Waals surface area contributed by atoms with Crippen molar-refractivity contribution < 1.29 is 4.79 Å². The van der Waals surface area contributed by atoms with Crippen molar-refractivity contribution >= 4 is 52.6 Å². The average Bonchev–Trinajstić information content (AvgIpc) is 2.94. The van der Waals surface area contributed by atoms with E-state index < -0.39 is 0 Å². The normalized spacial score (nSPS) is 11.1. The fourth-order valence-electron chi connectivity index (χ4n) is 2.26. The van der Waals surface area contributed by atoms with Crippen molar-refractivity contribution in [3.63, 3.8) is 0 Å². The SMILES string of the molecule is Cc1cc(NC(=O)/C=C/c2ccccc2Cl)n(-c2ncc(Cl)cc2Cl)n1. The first-order valence-corrected chi connectivity index (χ1v) is 8.69. The molecule has 132 valence electrons. The highest BCUT2D eigenvalue weighted by Crippen LogP contribution is 2.25.